The highest BCUT2D eigenvalue weighted by atomic mass is 79.9. The Morgan fingerprint density at radius 3 is 2.77 bits per heavy atom. The first-order chi connectivity index (χ1) is 6.19. The Labute approximate surface area is 85.3 Å². The van der Waals surface area contributed by atoms with Gasteiger partial charge in [0.25, 0.3) is 0 Å². The molecule has 0 aliphatic rings. The third-order valence-corrected chi connectivity index (χ3v) is 2.30. The fourth-order valence-electron chi connectivity index (χ4n) is 1.04. The molecule has 0 saturated heterocycles. The van der Waals surface area contributed by atoms with Crippen molar-refractivity contribution in [2.24, 2.45) is 0 Å². The minimum absolute atomic E-state index is 0.0348. The summed E-state index contributed by atoms with van der Waals surface area (Å²) in [6.07, 6.45) is 0. The lowest BCUT2D eigenvalue weighted by Crippen LogP contribution is -2.00. The lowest BCUT2D eigenvalue weighted by Gasteiger charge is -2.00. The summed E-state index contributed by atoms with van der Waals surface area (Å²) in [5.41, 5.74) is 2.11. The largest absolute Gasteiger partial charge is 0.293 e. The molecule has 0 bridgehead atoms. The molecular weight excluding hydrogens is 230 g/mol. The predicted molar refractivity (Wildman–Crippen MR) is 54.0 cm³/mol. The highest BCUT2D eigenvalue weighted by molar-refractivity contribution is 9.09. The number of hydrogen-bond acceptors (Lipinski definition) is 2. The van der Waals surface area contributed by atoms with Crippen LogP contribution in [-0.4, -0.2) is 11.1 Å². The molecule has 0 unspecified atom stereocenters. The van der Waals surface area contributed by atoms with Gasteiger partial charge in [0.2, 0.25) is 0 Å². The Kier molecular flexibility index (Phi) is 3.21. The second-order valence-corrected chi connectivity index (χ2v) is 3.26. The topological polar surface area (TPSA) is 40.9 Å². The fraction of sp³-hybridized carbons (Fsp3) is 0.200. The van der Waals surface area contributed by atoms with Crippen molar-refractivity contribution in [3.8, 4) is 6.07 Å². The van der Waals surface area contributed by atoms with Gasteiger partial charge in [-0.1, -0.05) is 22.0 Å². The molecule has 1 aromatic rings. The minimum atomic E-state index is 0.0348. The molecule has 66 valence electrons. The number of halogens is 1. The van der Waals surface area contributed by atoms with Crippen molar-refractivity contribution in [1.29, 1.82) is 5.26 Å². The van der Waals surface area contributed by atoms with Crippen LogP contribution in [0.1, 0.15) is 21.5 Å². The van der Waals surface area contributed by atoms with Gasteiger partial charge in [0.1, 0.15) is 0 Å². The number of alkyl halides is 1. The normalized spacial score (nSPS) is 9.31. The third kappa shape index (κ3) is 2.16. The van der Waals surface area contributed by atoms with E-state index in [0.29, 0.717) is 16.5 Å². The van der Waals surface area contributed by atoms with Crippen molar-refractivity contribution in [1.82, 2.24) is 0 Å². The number of nitrogens with zero attached hydrogens (tertiary/aromatic N) is 1. The first kappa shape index (κ1) is 9.94. The number of carbonyl (C=O) groups is 1. The Bertz CT molecular complexity index is 379. The lowest BCUT2D eigenvalue weighted by atomic mass is 10.0. The molecule has 0 heterocycles. The van der Waals surface area contributed by atoms with E-state index in [-0.39, 0.29) is 5.78 Å². The van der Waals surface area contributed by atoms with Gasteiger partial charge in [-0.15, -0.1) is 0 Å². The summed E-state index contributed by atoms with van der Waals surface area (Å²) < 4.78 is 0. The summed E-state index contributed by atoms with van der Waals surface area (Å²) in [7, 11) is 0. The molecule has 0 spiro atoms. The van der Waals surface area contributed by atoms with Crippen molar-refractivity contribution in [3.05, 3.63) is 34.9 Å². The van der Waals surface area contributed by atoms with E-state index in [1.165, 1.54) is 0 Å². The van der Waals surface area contributed by atoms with Crippen LogP contribution in [-0.2, 0) is 0 Å². The third-order valence-electron chi connectivity index (χ3n) is 1.79. The molecule has 0 atom stereocenters. The van der Waals surface area contributed by atoms with E-state index in [2.05, 4.69) is 22.0 Å². The summed E-state index contributed by atoms with van der Waals surface area (Å²) in [4.78, 5) is 11.2. The van der Waals surface area contributed by atoms with Crippen molar-refractivity contribution >= 4 is 21.7 Å². The summed E-state index contributed by atoms with van der Waals surface area (Å²) >= 11 is 3.10. The van der Waals surface area contributed by atoms with Gasteiger partial charge in [0.15, 0.2) is 5.78 Å². The number of hydrogen-bond donors (Lipinski definition) is 0. The number of nitriles is 1. The van der Waals surface area contributed by atoms with E-state index in [0.717, 1.165) is 5.56 Å². The highest BCUT2D eigenvalue weighted by Gasteiger charge is 2.05. The molecule has 0 aliphatic carbocycles. The Morgan fingerprint density at radius 2 is 2.31 bits per heavy atom. The summed E-state index contributed by atoms with van der Waals surface area (Å²) in [5, 5.41) is 8.98. The molecule has 1 aromatic carbocycles. The Balaban J connectivity index is 3.11. The number of carbonyl (C=O) groups excluding carboxylic acids is 1. The number of benzene rings is 1. The zero-order valence-corrected chi connectivity index (χ0v) is 8.76. The molecule has 0 radical (unpaired) electrons. The molecule has 0 amide bonds. The Hall–Kier alpha value is -1.14. The van der Waals surface area contributed by atoms with Gasteiger partial charge in [-0.25, -0.2) is 0 Å². The predicted octanol–water partition coefficient (Wildman–Crippen LogP) is 2.44. The fourth-order valence-corrected chi connectivity index (χ4v) is 1.36. The van der Waals surface area contributed by atoms with Gasteiger partial charge in [0.05, 0.1) is 17.0 Å². The molecule has 0 aromatic heterocycles. The van der Waals surface area contributed by atoms with E-state index < -0.39 is 0 Å². The second-order valence-electron chi connectivity index (χ2n) is 2.70. The molecule has 0 aliphatic heterocycles. The first-order valence-corrected chi connectivity index (χ1v) is 4.91. The van der Waals surface area contributed by atoms with Gasteiger partial charge < -0.3 is 0 Å². The van der Waals surface area contributed by atoms with Crippen LogP contribution in [0.5, 0.6) is 0 Å². The molecule has 0 fully saturated rings. The number of aryl methyl sites for hydroxylation is 1. The highest BCUT2D eigenvalue weighted by Crippen LogP contribution is 2.11. The molecule has 1 rings (SSSR count). The minimum Gasteiger partial charge on any atom is -0.293 e. The van der Waals surface area contributed by atoms with Gasteiger partial charge in [-0.05, 0) is 24.6 Å². The summed E-state index contributed by atoms with van der Waals surface area (Å²) in [5.74, 6) is 0.0348. The zero-order chi connectivity index (χ0) is 9.84. The lowest BCUT2D eigenvalue weighted by molar-refractivity contribution is 0.102. The second kappa shape index (κ2) is 4.20. The van der Waals surface area contributed by atoms with E-state index in [9.17, 15) is 4.79 Å². The Morgan fingerprint density at radius 1 is 1.62 bits per heavy atom. The zero-order valence-electron chi connectivity index (χ0n) is 7.17. The SMILES string of the molecule is Cc1cc(C(=O)CBr)ccc1C#N. The maximum absolute atomic E-state index is 11.2. The van der Waals surface area contributed by atoms with E-state index in [1.807, 2.05) is 6.92 Å². The number of rotatable bonds is 2. The van der Waals surface area contributed by atoms with Crippen molar-refractivity contribution in [3.63, 3.8) is 0 Å². The van der Waals surface area contributed by atoms with Crippen LogP contribution in [0.25, 0.3) is 0 Å². The van der Waals surface area contributed by atoms with Gasteiger partial charge >= 0.3 is 0 Å². The number of ketones is 1. The number of Topliss-reactive ketones (excluding diaryl/α,β-unsaturated/α-hetero) is 1. The van der Waals surface area contributed by atoms with Crippen molar-refractivity contribution in [2.75, 3.05) is 5.33 Å². The average Bonchev–Trinajstić information content (AvgIpc) is 2.16. The van der Waals surface area contributed by atoms with Crippen LogP contribution in [0, 0.1) is 18.3 Å². The van der Waals surface area contributed by atoms with Crippen LogP contribution in [0.4, 0.5) is 0 Å². The first-order valence-electron chi connectivity index (χ1n) is 3.79. The molecule has 0 saturated carbocycles. The van der Waals surface area contributed by atoms with Crippen LogP contribution in [0.3, 0.4) is 0 Å². The molecule has 13 heavy (non-hydrogen) atoms. The van der Waals surface area contributed by atoms with Gasteiger partial charge in [0, 0.05) is 5.56 Å². The standard InChI is InChI=1S/C10H8BrNO/c1-7-4-8(10(13)5-11)2-3-9(7)6-12/h2-4H,5H2,1H3. The van der Waals surface area contributed by atoms with Gasteiger partial charge in [-0.2, -0.15) is 5.26 Å². The van der Waals surface area contributed by atoms with Crippen LogP contribution in [0.15, 0.2) is 18.2 Å². The maximum Gasteiger partial charge on any atom is 0.173 e. The summed E-state index contributed by atoms with van der Waals surface area (Å²) in [6, 6.07) is 7.14. The molecule has 3 heteroatoms. The summed E-state index contributed by atoms with van der Waals surface area (Å²) in [6.45, 7) is 1.82. The molecule has 0 N–H and O–H groups in total. The maximum atomic E-state index is 11.2. The van der Waals surface area contributed by atoms with Crippen molar-refractivity contribution in [2.45, 2.75) is 6.92 Å². The van der Waals surface area contributed by atoms with E-state index >= 15 is 0 Å². The molecule has 2 nitrogen and oxygen atoms in total. The van der Waals surface area contributed by atoms with Crippen LogP contribution >= 0.6 is 15.9 Å². The van der Waals surface area contributed by atoms with Crippen LogP contribution in [0.2, 0.25) is 0 Å². The average molecular weight is 238 g/mol. The van der Waals surface area contributed by atoms with E-state index in [1.54, 1.807) is 18.2 Å². The van der Waals surface area contributed by atoms with Crippen molar-refractivity contribution < 1.29 is 4.79 Å². The molecular formula is C10H8BrNO. The monoisotopic (exact) mass is 237 g/mol. The van der Waals surface area contributed by atoms with E-state index in [4.69, 9.17) is 5.26 Å². The smallest absolute Gasteiger partial charge is 0.173 e. The van der Waals surface area contributed by atoms with Gasteiger partial charge in [-0.3, -0.25) is 4.79 Å². The quantitative estimate of drug-likeness (QED) is 0.586. The van der Waals surface area contributed by atoms with Crippen LogP contribution < -0.4 is 0 Å².